The monoisotopic (exact) mass is 633 g/mol. The first-order valence-electron chi connectivity index (χ1n) is 13.5. The minimum Gasteiger partial charge on any atom is -0.486 e. The zero-order chi connectivity index (χ0) is 30.4. The molecule has 1 atom stereocenters. The Kier molecular flexibility index (Phi) is 10.2. The first-order valence-corrected chi connectivity index (χ1v) is 15.7. The number of ether oxygens (including phenoxy) is 2. The average molecular weight is 635 g/mol. The topological polar surface area (TPSA) is 105 Å². The van der Waals surface area contributed by atoms with E-state index in [4.69, 9.17) is 32.7 Å². The summed E-state index contributed by atoms with van der Waals surface area (Å²) in [5.74, 6) is -0.0835. The van der Waals surface area contributed by atoms with Gasteiger partial charge in [0.1, 0.15) is 25.8 Å². The number of carbonyl (C=O) groups excluding carboxylic acids is 2. The molecule has 0 saturated carbocycles. The quantitative estimate of drug-likeness (QED) is 0.308. The Hall–Kier alpha value is -3.47. The van der Waals surface area contributed by atoms with Crippen molar-refractivity contribution >= 4 is 50.7 Å². The van der Waals surface area contributed by atoms with Crippen LogP contribution in [-0.4, -0.2) is 57.0 Å². The third-order valence-corrected chi connectivity index (χ3v) is 9.10. The molecule has 0 aromatic heterocycles. The van der Waals surface area contributed by atoms with E-state index in [9.17, 15) is 18.0 Å². The average Bonchev–Trinajstić information content (AvgIpc) is 2.97. The lowest BCUT2D eigenvalue weighted by atomic mass is 10.1. The molecule has 3 aromatic rings. The number of amides is 2. The molecule has 1 unspecified atom stereocenters. The number of nitrogens with zero attached hydrogens (tertiary/aromatic N) is 2. The highest BCUT2D eigenvalue weighted by atomic mass is 35.5. The Bertz CT molecular complexity index is 1540. The number of hydrogen-bond donors (Lipinski definition) is 1. The summed E-state index contributed by atoms with van der Waals surface area (Å²) in [6, 6.07) is 16.4. The number of benzene rings is 3. The SMILES string of the molecule is CCC(C(=O)NC(C)C)N(Cc1ccc(Cl)c(Cl)c1)C(=O)CN(c1ccc2c(c1)OCCO2)S(=O)(=O)c1ccccc1. The molecule has 4 rings (SSSR count). The molecule has 2 amide bonds. The highest BCUT2D eigenvalue weighted by Gasteiger charge is 2.34. The Labute approximate surface area is 256 Å². The third kappa shape index (κ3) is 7.29. The van der Waals surface area contributed by atoms with Crippen molar-refractivity contribution in [3.05, 3.63) is 82.3 Å². The van der Waals surface area contributed by atoms with E-state index in [1.807, 2.05) is 13.8 Å². The molecule has 1 aliphatic rings. The second-order valence-electron chi connectivity index (χ2n) is 10.0. The van der Waals surface area contributed by atoms with Crippen molar-refractivity contribution in [1.29, 1.82) is 0 Å². The van der Waals surface area contributed by atoms with Crippen molar-refractivity contribution in [2.24, 2.45) is 0 Å². The largest absolute Gasteiger partial charge is 0.486 e. The van der Waals surface area contributed by atoms with Crippen molar-refractivity contribution in [3.63, 3.8) is 0 Å². The summed E-state index contributed by atoms with van der Waals surface area (Å²) in [6.07, 6.45) is 0.293. The standard InChI is InChI=1S/C30H33Cl2N3O6S/c1-4-26(30(37)33-20(2)3)34(18-21-10-12-24(31)25(32)16-21)29(36)19-35(42(38,39)23-8-6-5-7-9-23)22-11-13-27-28(17-22)41-15-14-40-27/h5-13,16-17,20,26H,4,14-15,18-19H2,1-3H3,(H,33,37). The van der Waals surface area contributed by atoms with Crippen LogP contribution in [0.25, 0.3) is 0 Å². The zero-order valence-electron chi connectivity index (χ0n) is 23.5. The molecule has 224 valence electrons. The Balaban J connectivity index is 1.76. The van der Waals surface area contributed by atoms with Gasteiger partial charge in [0, 0.05) is 18.7 Å². The van der Waals surface area contributed by atoms with Crippen molar-refractivity contribution in [1.82, 2.24) is 10.2 Å². The van der Waals surface area contributed by atoms with E-state index < -0.39 is 28.5 Å². The first kappa shape index (κ1) is 31.5. The number of nitrogens with one attached hydrogen (secondary N) is 1. The van der Waals surface area contributed by atoms with E-state index in [0.29, 0.717) is 46.7 Å². The molecule has 0 radical (unpaired) electrons. The normalized spacial score (nSPS) is 13.4. The lowest BCUT2D eigenvalue weighted by Crippen LogP contribution is -2.53. The molecule has 0 fully saturated rings. The van der Waals surface area contributed by atoms with Gasteiger partial charge in [-0.2, -0.15) is 0 Å². The second-order valence-corrected chi connectivity index (χ2v) is 12.7. The van der Waals surface area contributed by atoms with Crippen LogP contribution in [0.1, 0.15) is 32.8 Å². The van der Waals surface area contributed by atoms with Crippen LogP contribution in [0.5, 0.6) is 11.5 Å². The number of fused-ring (bicyclic) bond motifs is 1. The van der Waals surface area contributed by atoms with Gasteiger partial charge in [0.15, 0.2) is 11.5 Å². The Morgan fingerprint density at radius 1 is 0.929 bits per heavy atom. The van der Waals surface area contributed by atoms with E-state index >= 15 is 0 Å². The molecule has 12 heteroatoms. The summed E-state index contributed by atoms with van der Waals surface area (Å²) in [4.78, 5) is 28.8. The van der Waals surface area contributed by atoms with Crippen LogP contribution >= 0.6 is 23.2 Å². The molecule has 1 heterocycles. The first-order chi connectivity index (χ1) is 20.0. The van der Waals surface area contributed by atoms with E-state index in [0.717, 1.165) is 4.31 Å². The fourth-order valence-electron chi connectivity index (χ4n) is 4.57. The van der Waals surface area contributed by atoms with Crippen molar-refractivity contribution in [2.45, 2.75) is 50.7 Å². The molecule has 0 saturated heterocycles. The van der Waals surface area contributed by atoms with E-state index in [1.54, 1.807) is 55.5 Å². The number of hydrogen-bond acceptors (Lipinski definition) is 6. The Morgan fingerprint density at radius 3 is 2.26 bits per heavy atom. The van der Waals surface area contributed by atoms with Gasteiger partial charge in [-0.15, -0.1) is 0 Å². The number of carbonyl (C=O) groups is 2. The van der Waals surface area contributed by atoms with Crippen LogP contribution < -0.4 is 19.1 Å². The molecule has 3 aromatic carbocycles. The number of sulfonamides is 1. The molecule has 0 aliphatic carbocycles. The van der Waals surface area contributed by atoms with Gasteiger partial charge in [-0.25, -0.2) is 8.42 Å². The maximum absolute atomic E-state index is 14.2. The van der Waals surface area contributed by atoms with Gasteiger partial charge >= 0.3 is 0 Å². The van der Waals surface area contributed by atoms with Gasteiger partial charge in [-0.3, -0.25) is 13.9 Å². The van der Waals surface area contributed by atoms with Crippen LogP contribution in [0.3, 0.4) is 0 Å². The van der Waals surface area contributed by atoms with Gasteiger partial charge in [0.2, 0.25) is 11.8 Å². The van der Waals surface area contributed by atoms with Gasteiger partial charge in [0.05, 0.1) is 20.6 Å². The van der Waals surface area contributed by atoms with Crippen molar-refractivity contribution in [2.75, 3.05) is 24.1 Å². The number of anilines is 1. The highest BCUT2D eigenvalue weighted by molar-refractivity contribution is 7.92. The zero-order valence-corrected chi connectivity index (χ0v) is 25.9. The molecule has 1 aliphatic heterocycles. The molecular weight excluding hydrogens is 601 g/mol. The third-order valence-electron chi connectivity index (χ3n) is 6.58. The highest BCUT2D eigenvalue weighted by Crippen LogP contribution is 2.36. The summed E-state index contributed by atoms with van der Waals surface area (Å²) >= 11 is 12.4. The maximum Gasteiger partial charge on any atom is 0.264 e. The van der Waals surface area contributed by atoms with E-state index in [1.165, 1.54) is 23.1 Å². The lowest BCUT2D eigenvalue weighted by molar-refractivity contribution is -0.140. The van der Waals surface area contributed by atoms with Crippen LogP contribution in [0.4, 0.5) is 5.69 Å². The fraction of sp³-hybridized carbons (Fsp3) is 0.333. The summed E-state index contributed by atoms with van der Waals surface area (Å²) in [6.45, 7) is 5.54. The van der Waals surface area contributed by atoms with Crippen LogP contribution in [0.15, 0.2) is 71.6 Å². The second kappa shape index (κ2) is 13.7. The summed E-state index contributed by atoms with van der Waals surface area (Å²) in [7, 11) is -4.22. The fourth-order valence-corrected chi connectivity index (χ4v) is 6.32. The summed E-state index contributed by atoms with van der Waals surface area (Å²) in [5, 5.41) is 3.51. The van der Waals surface area contributed by atoms with E-state index in [2.05, 4.69) is 5.32 Å². The predicted molar refractivity (Wildman–Crippen MR) is 163 cm³/mol. The maximum atomic E-state index is 14.2. The minimum absolute atomic E-state index is 0.000107. The molecule has 0 bridgehead atoms. The molecule has 1 N–H and O–H groups in total. The molecule has 0 spiro atoms. The van der Waals surface area contributed by atoms with Crippen molar-refractivity contribution < 1.29 is 27.5 Å². The van der Waals surface area contributed by atoms with Crippen LogP contribution in [-0.2, 0) is 26.2 Å². The van der Waals surface area contributed by atoms with Gasteiger partial charge in [-0.05, 0) is 62.2 Å². The molecule has 9 nitrogen and oxygen atoms in total. The predicted octanol–water partition coefficient (Wildman–Crippen LogP) is 5.29. The van der Waals surface area contributed by atoms with Gasteiger partial charge in [-0.1, -0.05) is 54.4 Å². The molecule has 42 heavy (non-hydrogen) atoms. The molecular formula is C30H33Cl2N3O6S. The van der Waals surface area contributed by atoms with Crippen LogP contribution in [0, 0.1) is 0 Å². The number of halogens is 2. The van der Waals surface area contributed by atoms with Crippen molar-refractivity contribution in [3.8, 4) is 11.5 Å². The van der Waals surface area contributed by atoms with E-state index in [-0.39, 0.29) is 29.1 Å². The summed E-state index contributed by atoms with van der Waals surface area (Å²) in [5.41, 5.74) is 0.843. The van der Waals surface area contributed by atoms with Gasteiger partial charge in [0.25, 0.3) is 10.0 Å². The smallest absolute Gasteiger partial charge is 0.264 e. The van der Waals surface area contributed by atoms with Crippen LogP contribution in [0.2, 0.25) is 10.0 Å². The minimum atomic E-state index is -4.22. The summed E-state index contributed by atoms with van der Waals surface area (Å²) < 4.78 is 40.3. The lowest BCUT2D eigenvalue weighted by Gasteiger charge is -2.33. The number of rotatable bonds is 11. The Morgan fingerprint density at radius 2 is 1.62 bits per heavy atom. The van der Waals surface area contributed by atoms with Gasteiger partial charge < -0.3 is 19.7 Å².